The molecular weight excluding hydrogens is 272 g/mol. The number of aryl methyl sites for hydroxylation is 3. The zero-order valence-electron chi connectivity index (χ0n) is 13.2. The maximum absolute atomic E-state index is 12.5. The van der Waals surface area contributed by atoms with Gasteiger partial charge in [0.1, 0.15) is 0 Å². The van der Waals surface area contributed by atoms with Crippen LogP contribution in [-0.4, -0.2) is 17.3 Å². The molecule has 0 amide bonds. The number of aromatic nitrogens is 1. The number of anilines is 1. The van der Waals surface area contributed by atoms with Crippen LogP contribution < -0.4 is 5.32 Å². The Labute approximate surface area is 130 Å². The molecule has 0 aliphatic carbocycles. The summed E-state index contributed by atoms with van der Waals surface area (Å²) in [5, 5.41) is 4.28. The van der Waals surface area contributed by atoms with Gasteiger partial charge in [-0.3, -0.25) is 4.79 Å². The molecule has 2 N–H and O–H groups in total. The number of benzene rings is 2. The van der Waals surface area contributed by atoms with Crippen LogP contribution in [0, 0.1) is 20.8 Å². The number of carbonyl (C=O) groups excluding carboxylic acids is 1. The second-order valence-electron chi connectivity index (χ2n) is 5.80. The summed E-state index contributed by atoms with van der Waals surface area (Å²) >= 11 is 0. The van der Waals surface area contributed by atoms with Crippen LogP contribution in [0.15, 0.2) is 42.6 Å². The van der Waals surface area contributed by atoms with Crippen molar-refractivity contribution in [2.75, 3.05) is 11.9 Å². The lowest BCUT2D eigenvalue weighted by molar-refractivity contribution is 0.101. The minimum absolute atomic E-state index is 0.0943. The fraction of sp³-hybridized carbons (Fsp3) is 0.211. The van der Waals surface area contributed by atoms with E-state index in [2.05, 4.69) is 43.2 Å². The Morgan fingerprint density at radius 1 is 1.09 bits per heavy atom. The molecule has 1 heterocycles. The number of Topliss-reactive ketones (excluding diaryl/α,β-unsaturated/α-hetero) is 1. The predicted molar refractivity (Wildman–Crippen MR) is 91.8 cm³/mol. The Bertz CT molecular complexity index is 823. The highest BCUT2D eigenvalue weighted by Crippen LogP contribution is 2.23. The minimum atomic E-state index is 0.0943. The SMILES string of the molecule is Cc1cc(C)c(NCC(=O)c2c[nH]c3ccccc23)c(C)c1. The van der Waals surface area contributed by atoms with Crippen molar-refractivity contribution in [2.24, 2.45) is 0 Å². The van der Waals surface area contributed by atoms with Crippen LogP contribution in [0.25, 0.3) is 10.9 Å². The summed E-state index contributed by atoms with van der Waals surface area (Å²) in [5.74, 6) is 0.0943. The summed E-state index contributed by atoms with van der Waals surface area (Å²) in [6.45, 7) is 6.52. The van der Waals surface area contributed by atoms with Crippen molar-refractivity contribution in [2.45, 2.75) is 20.8 Å². The molecule has 0 radical (unpaired) electrons. The highest BCUT2D eigenvalue weighted by Gasteiger charge is 2.12. The summed E-state index contributed by atoms with van der Waals surface area (Å²) in [7, 11) is 0. The van der Waals surface area contributed by atoms with Crippen LogP contribution in [-0.2, 0) is 0 Å². The number of H-pyrrole nitrogens is 1. The molecule has 0 aliphatic heterocycles. The zero-order valence-corrected chi connectivity index (χ0v) is 13.2. The summed E-state index contributed by atoms with van der Waals surface area (Å²) < 4.78 is 0. The largest absolute Gasteiger partial charge is 0.377 e. The molecule has 0 saturated carbocycles. The molecule has 112 valence electrons. The summed E-state index contributed by atoms with van der Waals surface area (Å²) in [6.07, 6.45) is 1.80. The molecule has 0 spiro atoms. The average molecular weight is 292 g/mol. The molecule has 1 aromatic heterocycles. The van der Waals surface area contributed by atoms with Crippen LogP contribution in [0.5, 0.6) is 0 Å². The first kappa shape index (κ1) is 14.4. The van der Waals surface area contributed by atoms with Gasteiger partial charge in [-0.15, -0.1) is 0 Å². The van der Waals surface area contributed by atoms with Gasteiger partial charge in [0.15, 0.2) is 5.78 Å². The van der Waals surface area contributed by atoms with Gasteiger partial charge in [-0.1, -0.05) is 35.9 Å². The van der Waals surface area contributed by atoms with E-state index in [4.69, 9.17) is 0 Å². The maximum atomic E-state index is 12.5. The van der Waals surface area contributed by atoms with Crippen LogP contribution in [0.4, 0.5) is 5.69 Å². The van der Waals surface area contributed by atoms with Crippen molar-refractivity contribution >= 4 is 22.4 Å². The molecule has 2 aromatic carbocycles. The van der Waals surface area contributed by atoms with Gasteiger partial charge in [0.05, 0.1) is 6.54 Å². The molecule has 0 aliphatic rings. The zero-order chi connectivity index (χ0) is 15.7. The molecular formula is C19H20N2O. The number of hydrogen-bond donors (Lipinski definition) is 2. The number of ketones is 1. The quantitative estimate of drug-likeness (QED) is 0.701. The van der Waals surface area contributed by atoms with Crippen molar-refractivity contribution in [3.63, 3.8) is 0 Å². The highest BCUT2D eigenvalue weighted by atomic mass is 16.1. The fourth-order valence-corrected chi connectivity index (χ4v) is 3.02. The van der Waals surface area contributed by atoms with E-state index in [9.17, 15) is 4.79 Å². The highest BCUT2D eigenvalue weighted by molar-refractivity contribution is 6.09. The predicted octanol–water partition coefficient (Wildman–Crippen LogP) is 4.39. The monoisotopic (exact) mass is 292 g/mol. The summed E-state index contributed by atoms with van der Waals surface area (Å²) in [4.78, 5) is 15.6. The third-order valence-electron chi connectivity index (χ3n) is 3.99. The van der Waals surface area contributed by atoms with E-state index in [1.54, 1.807) is 6.20 Å². The Morgan fingerprint density at radius 3 is 2.50 bits per heavy atom. The Morgan fingerprint density at radius 2 is 1.77 bits per heavy atom. The second-order valence-corrected chi connectivity index (χ2v) is 5.80. The number of fused-ring (bicyclic) bond motifs is 1. The van der Waals surface area contributed by atoms with Gasteiger partial charge >= 0.3 is 0 Å². The van der Waals surface area contributed by atoms with E-state index in [-0.39, 0.29) is 5.78 Å². The molecule has 0 fully saturated rings. The van der Waals surface area contributed by atoms with E-state index in [1.165, 1.54) is 16.7 Å². The molecule has 3 rings (SSSR count). The topological polar surface area (TPSA) is 44.9 Å². The minimum Gasteiger partial charge on any atom is -0.377 e. The number of hydrogen-bond acceptors (Lipinski definition) is 2. The standard InChI is InChI=1S/C19H20N2O/c1-12-8-13(2)19(14(3)9-12)21-11-18(22)16-10-20-17-7-5-4-6-15(16)17/h4-10,20-21H,11H2,1-3H3. The first-order valence-corrected chi connectivity index (χ1v) is 7.47. The smallest absolute Gasteiger partial charge is 0.183 e. The van der Waals surface area contributed by atoms with E-state index < -0.39 is 0 Å². The fourth-order valence-electron chi connectivity index (χ4n) is 3.02. The molecule has 3 nitrogen and oxygen atoms in total. The number of carbonyl (C=O) groups is 1. The van der Waals surface area contributed by atoms with Crippen molar-refractivity contribution in [3.05, 3.63) is 64.8 Å². The number of rotatable bonds is 4. The van der Waals surface area contributed by atoms with Crippen LogP contribution in [0.3, 0.4) is 0 Å². The first-order valence-electron chi connectivity index (χ1n) is 7.47. The van der Waals surface area contributed by atoms with Gasteiger partial charge in [-0.2, -0.15) is 0 Å². The maximum Gasteiger partial charge on any atom is 0.183 e. The van der Waals surface area contributed by atoms with E-state index in [0.717, 1.165) is 22.2 Å². The molecule has 22 heavy (non-hydrogen) atoms. The second kappa shape index (κ2) is 5.68. The third-order valence-corrected chi connectivity index (χ3v) is 3.99. The molecule has 0 atom stereocenters. The van der Waals surface area contributed by atoms with Gasteiger partial charge in [-0.25, -0.2) is 0 Å². The van der Waals surface area contributed by atoms with Crippen molar-refractivity contribution in [1.29, 1.82) is 0 Å². The van der Waals surface area contributed by atoms with E-state index in [0.29, 0.717) is 6.54 Å². The lowest BCUT2D eigenvalue weighted by Gasteiger charge is -2.13. The normalized spacial score (nSPS) is 10.9. The van der Waals surface area contributed by atoms with E-state index >= 15 is 0 Å². The molecule has 0 unspecified atom stereocenters. The Balaban J connectivity index is 1.81. The van der Waals surface area contributed by atoms with Crippen LogP contribution in [0.1, 0.15) is 27.0 Å². The first-order chi connectivity index (χ1) is 10.6. The number of para-hydroxylation sites is 1. The average Bonchev–Trinajstić information content (AvgIpc) is 2.90. The van der Waals surface area contributed by atoms with Gasteiger partial charge in [0.25, 0.3) is 0 Å². The lowest BCUT2D eigenvalue weighted by atomic mass is 10.0. The van der Waals surface area contributed by atoms with Gasteiger partial charge in [0, 0.05) is 28.4 Å². The van der Waals surface area contributed by atoms with E-state index in [1.807, 2.05) is 24.3 Å². The third kappa shape index (κ3) is 2.62. The molecule has 0 bridgehead atoms. The van der Waals surface area contributed by atoms with Crippen LogP contribution >= 0.6 is 0 Å². The Kier molecular flexibility index (Phi) is 3.72. The lowest BCUT2D eigenvalue weighted by Crippen LogP contribution is -2.15. The molecule has 0 saturated heterocycles. The van der Waals surface area contributed by atoms with Crippen molar-refractivity contribution in [1.82, 2.24) is 4.98 Å². The number of nitrogens with one attached hydrogen (secondary N) is 2. The van der Waals surface area contributed by atoms with Gasteiger partial charge < -0.3 is 10.3 Å². The van der Waals surface area contributed by atoms with Gasteiger partial charge in [0.2, 0.25) is 0 Å². The van der Waals surface area contributed by atoms with Gasteiger partial charge in [-0.05, 0) is 38.0 Å². The summed E-state index contributed by atoms with van der Waals surface area (Å²) in [5.41, 5.74) is 6.37. The number of aromatic amines is 1. The molecule has 3 aromatic rings. The van der Waals surface area contributed by atoms with Crippen LogP contribution in [0.2, 0.25) is 0 Å². The van der Waals surface area contributed by atoms with Crippen molar-refractivity contribution < 1.29 is 4.79 Å². The molecule has 3 heteroatoms. The Hall–Kier alpha value is -2.55. The van der Waals surface area contributed by atoms with Crippen molar-refractivity contribution in [3.8, 4) is 0 Å². The summed E-state index contributed by atoms with van der Waals surface area (Å²) in [6, 6.07) is 12.1.